The molecule has 1 aromatic heterocycles. The van der Waals surface area contributed by atoms with Crippen LogP contribution in [-0.2, 0) is 16.0 Å². The Hall–Kier alpha value is -2.50. The van der Waals surface area contributed by atoms with Gasteiger partial charge >= 0.3 is 6.09 Å². The summed E-state index contributed by atoms with van der Waals surface area (Å²) < 4.78 is 5.23. The minimum atomic E-state index is -0.700. The number of aromatic nitrogens is 1. The zero-order valence-corrected chi connectivity index (χ0v) is 13.9. The van der Waals surface area contributed by atoms with Crippen molar-refractivity contribution in [2.75, 3.05) is 7.05 Å². The Morgan fingerprint density at radius 2 is 1.96 bits per heavy atom. The van der Waals surface area contributed by atoms with Gasteiger partial charge in [0, 0.05) is 30.6 Å². The molecule has 0 saturated heterocycles. The minimum absolute atomic E-state index is 0.263. The number of carbonyl (C=O) groups excluding carboxylic acids is 2. The molecule has 0 radical (unpaired) electrons. The monoisotopic (exact) mass is 317 g/mol. The van der Waals surface area contributed by atoms with E-state index in [4.69, 9.17) is 4.74 Å². The van der Waals surface area contributed by atoms with Crippen molar-refractivity contribution < 1.29 is 14.3 Å². The second-order valence-electron chi connectivity index (χ2n) is 6.38. The number of amides is 2. The van der Waals surface area contributed by atoms with E-state index in [1.807, 2.05) is 30.5 Å². The molecule has 2 rings (SSSR count). The van der Waals surface area contributed by atoms with Gasteiger partial charge in [-0.25, -0.2) is 4.79 Å². The summed E-state index contributed by atoms with van der Waals surface area (Å²) in [6, 6.07) is 7.13. The molecule has 0 saturated carbocycles. The highest BCUT2D eigenvalue weighted by molar-refractivity contribution is 5.88. The first-order valence-electron chi connectivity index (χ1n) is 7.56. The van der Waals surface area contributed by atoms with Crippen molar-refractivity contribution in [3.8, 4) is 0 Å². The van der Waals surface area contributed by atoms with Crippen LogP contribution < -0.4 is 10.6 Å². The molecule has 6 heteroatoms. The third-order valence-corrected chi connectivity index (χ3v) is 3.35. The van der Waals surface area contributed by atoms with Crippen molar-refractivity contribution in [3.63, 3.8) is 0 Å². The Balaban J connectivity index is 2.16. The first-order chi connectivity index (χ1) is 10.8. The Labute approximate surface area is 135 Å². The lowest BCUT2D eigenvalue weighted by Gasteiger charge is -2.23. The molecule has 6 nitrogen and oxygen atoms in total. The number of alkyl carbamates (subject to hydrolysis) is 1. The summed E-state index contributed by atoms with van der Waals surface area (Å²) in [5.74, 6) is -0.263. The van der Waals surface area contributed by atoms with Crippen LogP contribution >= 0.6 is 0 Å². The second kappa shape index (κ2) is 6.73. The van der Waals surface area contributed by atoms with Crippen molar-refractivity contribution in [2.45, 2.75) is 38.8 Å². The SMILES string of the molecule is CNC(=O)[C@@H](Cc1c[nH]c2ccccc12)NC(=O)OC(C)(C)C. The van der Waals surface area contributed by atoms with Crippen LogP contribution in [0.3, 0.4) is 0 Å². The third kappa shape index (κ3) is 4.48. The minimum Gasteiger partial charge on any atom is -0.444 e. The molecule has 0 aliphatic rings. The van der Waals surface area contributed by atoms with Gasteiger partial charge in [-0.3, -0.25) is 4.79 Å². The van der Waals surface area contributed by atoms with Gasteiger partial charge in [-0.15, -0.1) is 0 Å². The first-order valence-corrected chi connectivity index (χ1v) is 7.56. The molecule has 1 atom stereocenters. The number of aromatic amines is 1. The molecule has 1 aromatic carbocycles. The summed E-state index contributed by atoms with van der Waals surface area (Å²) in [7, 11) is 1.54. The Kier molecular flexibility index (Phi) is 4.93. The molecule has 3 N–H and O–H groups in total. The molecule has 0 spiro atoms. The van der Waals surface area contributed by atoms with Crippen LogP contribution in [0.25, 0.3) is 10.9 Å². The molecule has 0 bridgehead atoms. The summed E-state index contributed by atoms with van der Waals surface area (Å²) in [5.41, 5.74) is 1.35. The van der Waals surface area contributed by atoms with E-state index in [0.717, 1.165) is 16.5 Å². The lowest BCUT2D eigenvalue weighted by atomic mass is 10.0. The average molecular weight is 317 g/mol. The summed E-state index contributed by atoms with van der Waals surface area (Å²) >= 11 is 0. The summed E-state index contributed by atoms with van der Waals surface area (Å²) in [6.07, 6.45) is 1.63. The maximum absolute atomic E-state index is 12.1. The van der Waals surface area contributed by atoms with Crippen molar-refractivity contribution >= 4 is 22.9 Å². The van der Waals surface area contributed by atoms with Crippen LogP contribution in [0.4, 0.5) is 4.79 Å². The first kappa shape index (κ1) is 16.9. The largest absolute Gasteiger partial charge is 0.444 e. The number of rotatable bonds is 4. The van der Waals surface area contributed by atoms with Gasteiger partial charge in [-0.1, -0.05) is 18.2 Å². The molecule has 0 aliphatic carbocycles. The number of fused-ring (bicyclic) bond motifs is 1. The summed E-state index contributed by atoms with van der Waals surface area (Å²) in [4.78, 5) is 27.2. The standard InChI is InChI=1S/C17H23N3O3/c1-17(2,3)23-16(22)20-14(15(21)18-4)9-11-10-19-13-8-6-5-7-12(11)13/h5-8,10,14,19H,9H2,1-4H3,(H,18,21)(H,20,22)/t14-/m1/s1. The molecule has 0 fully saturated rings. The highest BCUT2D eigenvalue weighted by Crippen LogP contribution is 2.19. The van der Waals surface area contributed by atoms with Gasteiger partial charge in [-0.05, 0) is 32.4 Å². The number of ether oxygens (including phenoxy) is 1. The molecule has 23 heavy (non-hydrogen) atoms. The molecule has 124 valence electrons. The number of hydrogen-bond acceptors (Lipinski definition) is 3. The predicted octanol–water partition coefficient (Wildman–Crippen LogP) is 2.35. The normalized spacial score (nSPS) is 12.7. The Bertz CT molecular complexity index is 700. The van der Waals surface area contributed by atoms with Crippen LogP contribution in [-0.4, -0.2) is 35.7 Å². The van der Waals surface area contributed by atoms with E-state index in [2.05, 4.69) is 15.6 Å². The van der Waals surface area contributed by atoms with E-state index in [-0.39, 0.29) is 5.91 Å². The molecule has 0 aliphatic heterocycles. The summed E-state index contributed by atoms with van der Waals surface area (Å²) in [6.45, 7) is 5.34. The van der Waals surface area contributed by atoms with Crippen LogP contribution in [0.2, 0.25) is 0 Å². The Morgan fingerprint density at radius 1 is 1.26 bits per heavy atom. The number of nitrogens with one attached hydrogen (secondary N) is 3. The zero-order chi connectivity index (χ0) is 17.0. The number of para-hydroxylation sites is 1. The molecule has 1 heterocycles. The number of carbonyl (C=O) groups is 2. The van der Waals surface area contributed by atoms with Crippen LogP contribution in [0.5, 0.6) is 0 Å². The average Bonchev–Trinajstić information content (AvgIpc) is 2.87. The molecule has 0 unspecified atom stereocenters. The van der Waals surface area contributed by atoms with Crippen molar-refractivity contribution in [1.29, 1.82) is 0 Å². The fraction of sp³-hybridized carbons (Fsp3) is 0.412. The van der Waals surface area contributed by atoms with E-state index < -0.39 is 17.7 Å². The zero-order valence-electron chi connectivity index (χ0n) is 13.9. The van der Waals surface area contributed by atoms with Gasteiger partial charge in [0.2, 0.25) is 5.91 Å². The fourth-order valence-electron chi connectivity index (χ4n) is 2.35. The number of benzene rings is 1. The van der Waals surface area contributed by atoms with Gasteiger partial charge < -0.3 is 20.4 Å². The van der Waals surface area contributed by atoms with Gasteiger partial charge in [0.05, 0.1) is 0 Å². The van der Waals surface area contributed by atoms with E-state index in [0.29, 0.717) is 6.42 Å². The maximum atomic E-state index is 12.1. The highest BCUT2D eigenvalue weighted by Gasteiger charge is 2.24. The lowest BCUT2D eigenvalue weighted by Crippen LogP contribution is -2.48. The Morgan fingerprint density at radius 3 is 2.61 bits per heavy atom. The third-order valence-electron chi connectivity index (χ3n) is 3.35. The van der Waals surface area contributed by atoms with Gasteiger partial charge in [-0.2, -0.15) is 0 Å². The topological polar surface area (TPSA) is 83.2 Å². The maximum Gasteiger partial charge on any atom is 0.408 e. The van der Waals surface area contributed by atoms with E-state index in [9.17, 15) is 9.59 Å². The van der Waals surface area contributed by atoms with E-state index in [1.165, 1.54) is 0 Å². The van der Waals surface area contributed by atoms with Crippen molar-refractivity contribution in [2.24, 2.45) is 0 Å². The smallest absolute Gasteiger partial charge is 0.408 e. The second-order valence-corrected chi connectivity index (χ2v) is 6.38. The van der Waals surface area contributed by atoms with Crippen LogP contribution in [0.15, 0.2) is 30.5 Å². The number of H-pyrrole nitrogens is 1. The van der Waals surface area contributed by atoms with Crippen molar-refractivity contribution in [1.82, 2.24) is 15.6 Å². The van der Waals surface area contributed by atoms with E-state index in [1.54, 1.807) is 27.8 Å². The van der Waals surface area contributed by atoms with Gasteiger partial charge in [0.25, 0.3) is 0 Å². The number of likely N-dealkylation sites (N-methyl/N-ethyl adjacent to an activating group) is 1. The van der Waals surface area contributed by atoms with Gasteiger partial charge in [0.1, 0.15) is 11.6 Å². The number of hydrogen-bond donors (Lipinski definition) is 3. The molecule has 2 aromatic rings. The van der Waals surface area contributed by atoms with Crippen LogP contribution in [0.1, 0.15) is 26.3 Å². The van der Waals surface area contributed by atoms with Crippen LogP contribution in [0, 0.1) is 0 Å². The fourth-order valence-corrected chi connectivity index (χ4v) is 2.35. The lowest BCUT2D eigenvalue weighted by molar-refractivity contribution is -0.122. The quantitative estimate of drug-likeness (QED) is 0.809. The predicted molar refractivity (Wildman–Crippen MR) is 89.2 cm³/mol. The van der Waals surface area contributed by atoms with Crippen molar-refractivity contribution in [3.05, 3.63) is 36.0 Å². The van der Waals surface area contributed by atoms with Gasteiger partial charge in [0.15, 0.2) is 0 Å². The summed E-state index contributed by atoms with van der Waals surface area (Å²) in [5, 5.41) is 6.25. The molecule has 2 amide bonds. The highest BCUT2D eigenvalue weighted by atomic mass is 16.6. The molecular weight excluding hydrogens is 294 g/mol. The molecular formula is C17H23N3O3. The van der Waals surface area contributed by atoms with E-state index >= 15 is 0 Å².